The molecule has 0 unspecified atom stereocenters. The van der Waals surface area contributed by atoms with Gasteiger partial charge in [0.05, 0.1) is 0 Å². The van der Waals surface area contributed by atoms with E-state index in [1.54, 1.807) is 0 Å². The molecule has 0 radical (unpaired) electrons. The molecule has 1 fully saturated rings. The van der Waals surface area contributed by atoms with E-state index in [2.05, 4.69) is 0 Å². The van der Waals surface area contributed by atoms with Gasteiger partial charge >= 0.3 is 21.0 Å². The second kappa shape index (κ2) is 2.83. The van der Waals surface area contributed by atoms with Gasteiger partial charge in [-0.2, -0.15) is 26.3 Å². The van der Waals surface area contributed by atoms with Crippen LogP contribution in [0.1, 0.15) is 0 Å². The lowest BCUT2D eigenvalue weighted by Gasteiger charge is -2.44. The maximum Gasteiger partial charge on any atom is 0.442 e. The molecule has 1 aliphatic heterocycles. The van der Waals surface area contributed by atoms with Crippen LogP contribution in [0.2, 0.25) is 0 Å². The van der Waals surface area contributed by atoms with E-state index < -0.39 is 44.5 Å². The van der Waals surface area contributed by atoms with E-state index >= 15 is 0 Å². The lowest BCUT2D eigenvalue weighted by molar-refractivity contribution is -0.188. The Morgan fingerprint density at radius 1 is 0.643 bits per heavy atom. The Morgan fingerprint density at radius 2 is 0.857 bits per heavy atom. The minimum absolute atomic E-state index is 1.43. The molecule has 1 aliphatic rings. The fourth-order valence-corrected chi connectivity index (χ4v) is 2.86. The second-order valence-electron chi connectivity index (χ2n) is 2.27. The van der Waals surface area contributed by atoms with Crippen LogP contribution < -0.4 is 0 Å². The van der Waals surface area contributed by atoms with Crippen LogP contribution in [-0.4, -0.2) is 21.0 Å². The summed E-state index contributed by atoms with van der Waals surface area (Å²) in [6, 6.07) is 0. The molecule has 0 aromatic rings. The third-order valence-electron chi connectivity index (χ3n) is 1.20. The van der Waals surface area contributed by atoms with Crippen molar-refractivity contribution in [3.05, 3.63) is 0 Å². The van der Waals surface area contributed by atoms with E-state index in [0.29, 0.717) is 0 Å². The molecule has 10 heteroatoms. The molecule has 0 spiro atoms. The van der Waals surface area contributed by atoms with Crippen LogP contribution >= 0.6 is 23.5 Å². The number of halogens is 8. The monoisotopic (exact) mass is 264 g/mol. The van der Waals surface area contributed by atoms with E-state index in [0.717, 1.165) is 0 Å². The van der Waals surface area contributed by atoms with Crippen molar-refractivity contribution in [2.75, 3.05) is 0 Å². The summed E-state index contributed by atoms with van der Waals surface area (Å²) in [4.78, 5) is 0. The Hall–Kier alpha value is 0.140. The summed E-state index contributed by atoms with van der Waals surface area (Å²) in [6.45, 7) is 0. The van der Waals surface area contributed by atoms with Crippen LogP contribution in [0.15, 0.2) is 0 Å². The van der Waals surface area contributed by atoms with Crippen LogP contribution in [0.5, 0.6) is 0 Å². The zero-order valence-electron chi connectivity index (χ0n) is 5.84. The molecule has 0 nitrogen and oxygen atoms in total. The number of hydrogen-bond donors (Lipinski definition) is 0. The largest absolute Gasteiger partial charge is 0.442 e. The van der Waals surface area contributed by atoms with E-state index in [9.17, 15) is 35.1 Å². The third-order valence-corrected chi connectivity index (χ3v) is 4.18. The molecule has 0 N–H and O–H groups in total. The maximum absolute atomic E-state index is 12.5. The number of thioether (sulfide) groups is 2. The highest BCUT2D eigenvalue weighted by Gasteiger charge is 2.80. The molecule has 84 valence electrons. The first-order chi connectivity index (χ1) is 5.91. The summed E-state index contributed by atoms with van der Waals surface area (Å²) < 4.78 is 86.6. The van der Waals surface area contributed by atoms with Crippen molar-refractivity contribution >= 4 is 23.5 Å². The fraction of sp³-hybridized carbons (Fsp3) is 1.00. The first kappa shape index (κ1) is 12.2. The molecular weight excluding hydrogens is 264 g/mol. The Labute approximate surface area is 80.4 Å². The van der Waals surface area contributed by atoms with E-state index in [1.165, 1.54) is 0 Å². The summed E-state index contributed by atoms with van der Waals surface area (Å²) in [5, 5.41) is 0. The van der Waals surface area contributed by atoms with E-state index in [4.69, 9.17) is 0 Å². The molecule has 0 atom stereocenters. The minimum atomic E-state index is -5.52. The quantitative estimate of drug-likeness (QED) is 0.610. The smallest absolute Gasteiger partial charge is 0.209 e. The molecule has 1 heterocycles. The van der Waals surface area contributed by atoms with Crippen molar-refractivity contribution in [2.45, 2.75) is 21.0 Å². The Bertz CT molecular complexity index is 211. The fourth-order valence-electron chi connectivity index (χ4n) is 0.577. The number of rotatable bonds is 0. The van der Waals surface area contributed by atoms with E-state index in [1.807, 2.05) is 0 Å². The molecule has 0 aromatic heterocycles. The van der Waals surface area contributed by atoms with Gasteiger partial charge in [0.25, 0.3) is 0 Å². The first-order valence-corrected chi connectivity index (χ1v) is 4.46. The highest BCUT2D eigenvalue weighted by atomic mass is 32.3. The molecule has 1 rings (SSSR count). The third kappa shape index (κ3) is 1.66. The SMILES string of the molecule is FC(F)(F)C1(F)SC(F)(C(F)(F)F)S1. The van der Waals surface area contributed by atoms with Crippen molar-refractivity contribution in [2.24, 2.45) is 0 Å². The van der Waals surface area contributed by atoms with Crippen LogP contribution in [0.4, 0.5) is 35.1 Å². The summed E-state index contributed by atoms with van der Waals surface area (Å²) in [5.41, 5.74) is 0. The standard InChI is InChI=1S/C4F8S2/c5-1(6,7)3(11)13-4(12,14-3)2(8,9)10. The highest BCUT2D eigenvalue weighted by Crippen LogP contribution is 2.75. The van der Waals surface area contributed by atoms with Gasteiger partial charge in [0.2, 0.25) is 0 Å². The lowest BCUT2D eigenvalue weighted by atomic mass is 10.7. The van der Waals surface area contributed by atoms with Crippen LogP contribution in [0, 0.1) is 0 Å². The van der Waals surface area contributed by atoms with Crippen molar-refractivity contribution in [3.8, 4) is 0 Å². The van der Waals surface area contributed by atoms with E-state index in [-0.39, 0.29) is 0 Å². The first-order valence-electron chi connectivity index (χ1n) is 2.83. The summed E-state index contributed by atoms with van der Waals surface area (Å²) in [7, 11) is 0. The predicted molar refractivity (Wildman–Crippen MR) is 35.0 cm³/mol. The Morgan fingerprint density at radius 3 is 1.00 bits per heavy atom. The van der Waals surface area contributed by atoms with Crippen LogP contribution in [0.3, 0.4) is 0 Å². The molecular formula is C4F8S2. The minimum Gasteiger partial charge on any atom is -0.209 e. The summed E-state index contributed by atoms with van der Waals surface area (Å²) in [6.07, 6.45) is -11.0. The highest BCUT2D eigenvalue weighted by molar-refractivity contribution is 8.35. The molecule has 0 saturated carbocycles. The molecule has 14 heavy (non-hydrogen) atoms. The Balaban J connectivity index is 2.76. The van der Waals surface area contributed by atoms with Crippen LogP contribution in [0.25, 0.3) is 0 Å². The average Bonchev–Trinajstić information content (AvgIpc) is 1.78. The molecule has 0 amide bonds. The van der Waals surface area contributed by atoms with Crippen molar-refractivity contribution < 1.29 is 35.1 Å². The van der Waals surface area contributed by atoms with Gasteiger partial charge in [0, 0.05) is 0 Å². The molecule has 1 saturated heterocycles. The molecule has 0 aromatic carbocycles. The zero-order chi connectivity index (χ0) is 11.4. The maximum atomic E-state index is 12.5. The number of hydrogen-bond acceptors (Lipinski definition) is 2. The molecule has 0 bridgehead atoms. The predicted octanol–water partition coefficient (Wildman–Crippen LogP) is 3.84. The van der Waals surface area contributed by atoms with Crippen molar-refractivity contribution in [3.63, 3.8) is 0 Å². The molecule has 0 aliphatic carbocycles. The second-order valence-corrected chi connectivity index (χ2v) is 5.45. The number of alkyl halides is 8. The Kier molecular flexibility index (Phi) is 2.47. The van der Waals surface area contributed by atoms with Gasteiger partial charge in [-0.3, -0.25) is 0 Å². The summed E-state index contributed by atoms with van der Waals surface area (Å²) >= 11 is -2.86. The van der Waals surface area contributed by atoms with Gasteiger partial charge < -0.3 is 0 Å². The normalized spacial score (nSPS) is 39.4. The van der Waals surface area contributed by atoms with Crippen LogP contribution in [-0.2, 0) is 0 Å². The van der Waals surface area contributed by atoms with Gasteiger partial charge in [-0.05, 0) is 23.5 Å². The lowest BCUT2D eigenvalue weighted by Crippen LogP contribution is -2.54. The van der Waals surface area contributed by atoms with Crippen molar-refractivity contribution in [1.29, 1.82) is 0 Å². The topological polar surface area (TPSA) is 0 Å². The van der Waals surface area contributed by atoms with Gasteiger partial charge in [0.1, 0.15) is 0 Å². The zero-order valence-corrected chi connectivity index (χ0v) is 7.47. The van der Waals surface area contributed by atoms with Gasteiger partial charge in [-0.15, -0.1) is 0 Å². The van der Waals surface area contributed by atoms with Gasteiger partial charge in [-0.25, -0.2) is 8.78 Å². The van der Waals surface area contributed by atoms with Gasteiger partial charge in [0.15, 0.2) is 0 Å². The van der Waals surface area contributed by atoms with Gasteiger partial charge in [-0.1, -0.05) is 0 Å². The average molecular weight is 264 g/mol. The van der Waals surface area contributed by atoms with Crippen molar-refractivity contribution in [1.82, 2.24) is 0 Å². The summed E-state index contributed by atoms with van der Waals surface area (Å²) in [5.74, 6) is 0.